The highest BCUT2D eigenvalue weighted by Crippen LogP contribution is 1.94. The minimum absolute atomic E-state index is 0. The van der Waals surface area contributed by atoms with E-state index in [1.54, 1.807) is 7.11 Å². The molecule has 0 unspecified atom stereocenters. The van der Waals surface area contributed by atoms with Gasteiger partial charge in [0, 0.05) is 26.7 Å². The second kappa shape index (κ2) is 6.85. The standard InChI is InChI=1S/C7H15NO2.ClH/c1-9-5-2-8-3-6-10-7-4-8;/h2-7H2,1H3;1H. The Hall–Kier alpha value is 0.170. The van der Waals surface area contributed by atoms with Crippen LogP contribution in [0.5, 0.6) is 0 Å². The van der Waals surface area contributed by atoms with Crippen molar-refractivity contribution in [2.24, 2.45) is 0 Å². The molecular formula is C7H16ClNO2. The van der Waals surface area contributed by atoms with E-state index >= 15 is 0 Å². The summed E-state index contributed by atoms with van der Waals surface area (Å²) in [6.45, 7) is 5.75. The normalized spacial score (nSPS) is 19.4. The Balaban J connectivity index is 0.000001000. The third kappa shape index (κ3) is 4.58. The van der Waals surface area contributed by atoms with Crippen LogP contribution in [0.4, 0.5) is 0 Å². The maximum atomic E-state index is 5.20. The SMILES string of the molecule is COCCN1CCOCC1.Cl. The Morgan fingerprint density at radius 2 is 2.00 bits per heavy atom. The third-order valence-electron chi connectivity index (χ3n) is 1.72. The van der Waals surface area contributed by atoms with Crippen molar-refractivity contribution in [1.29, 1.82) is 0 Å². The number of hydrogen-bond acceptors (Lipinski definition) is 3. The molecule has 0 saturated carbocycles. The summed E-state index contributed by atoms with van der Waals surface area (Å²) in [5, 5.41) is 0. The van der Waals surface area contributed by atoms with Crippen molar-refractivity contribution in [1.82, 2.24) is 4.90 Å². The molecule has 0 spiro atoms. The first-order valence-corrected chi connectivity index (χ1v) is 3.72. The Bertz CT molecular complexity index is 86.5. The monoisotopic (exact) mass is 181 g/mol. The largest absolute Gasteiger partial charge is 0.383 e. The molecule has 3 nitrogen and oxygen atoms in total. The average Bonchev–Trinajstić information content (AvgIpc) is 2.03. The van der Waals surface area contributed by atoms with Gasteiger partial charge in [0.25, 0.3) is 0 Å². The number of nitrogens with zero attached hydrogens (tertiary/aromatic N) is 1. The number of halogens is 1. The lowest BCUT2D eigenvalue weighted by molar-refractivity contribution is 0.0263. The highest BCUT2D eigenvalue weighted by molar-refractivity contribution is 5.85. The molecule has 0 aromatic rings. The van der Waals surface area contributed by atoms with Gasteiger partial charge in [-0.25, -0.2) is 0 Å². The van der Waals surface area contributed by atoms with Gasteiger partial charge in [0.15, 0.2) is 0 Å². The minimum Gasteiger partial charge on any atom is -0.383 e. The van der Waals surface area contributed by atoms with E-state index < -0.39 is 0 Å². The Kier molecular flexibility index (Phi) is 6.96. The predicted molar refractivity (Wildman–Crippen MR) is 46.4 cm³/mol. The number of hydrogen-bond donors (Lipinski definition) is 0. The molecule has 1 aliphatic rings. The highest BCUT2D eigenvalue weighted by atomic mass is 35.5. The quantitative estimate of drug-likeness (QED) is 0.629. The molecule has 1 fully saturated rings. The molecule has 0 atom stereocenters. The van der Waals surface area contributed by atoms with Crippen molar-refractivity contribution < 1.29 is 9.47 Å². The third-order valence-corrected chi connectivity index (χ3v) is 1.72. The van der Waals surface area contributed by atoms with Gasteiger partial charge < -0.3 is 9.47 Å². The number of ether oxygens (including phenoxy) is 2. The molecular weight excluding hydrogens is 166 g/mol. The first-order chi connectivity index (χ1) is 4.93. The minimum atomic E-state index is 0. The van der Waals surface area contributed by atoms with E-state index in [-0.39, 0.29) is 12.4 Å². The Labute approximate surface area is 74.1 Å². The van der Waals surface area contributed by atoms with Gasteiger partial charge in [0.1, 0.15) is 0 Å². The first kappa shape index (κ1) is 11.2. The van der Waals surface area contributed by atoms with E-state index in [1.165, 1.54) is 0 Å². The zero-order valence-electron chi connectivity index (χ0n) is 6.91. The van der Waals surface area contributed by atoms with E-state index in [1.807, 2.05) is 0 Å². The number of methoxy groups -OCH3 is 1. The van der Waals surface area contributed by atoms with E-state index in [2.05, 4.69) is 4.90 Å². The molecule has 68 valence electrons. The topological polar surface area (TPSA) is 21.7 Å². The van der Waals surface area contributed by atoms with Crippen LogP contribution in [-0.4, -0.2) is 51.5 Å². The highest BCUT2D eigenvalue weighted by Gasteiger charge is 2.08. The summed E-state index contributed by atoms with van der Waals surface area (Å²) in [6, 6.07) is 0. The molecule has 1 saturated heterocycles. The molecule has 11 heavy (non-hydrogen) atoms. The van der Waals surface area contributed by atoms with Gasteiger partial charge in [0.2, 0.25) is 0 Å². The molecule has 0 aromatic heterocycles. The summed E-state index contributed by atoms with van der Waals surface area (Å²) < 4.78 is 10.2. The van der Waals surface area contributed by atoms with E-state index in [4.69, 9.17) is 9.47 Å². The van der Waals surface area contributed by atoms with Gasteiger partial charge in [-0.15, -0.1) is 12.4 Å². The first-order valence-electron chi connectivity index (χ1n) is 3.72. The zero-order chi connectivity index (χ0) is 7.23. The van der Waals surface area contributed by atoms with E-state index in [0.717, 1.165) is 39.5 Å². The van der Waals surface area contributed by atoms with Crippen molar-refractivity contribution in [3.8, 4) is 0 Å². The summed E-state index contributed by atoms with van der Waals surface area (Å²) >= 11 is 0. The van der Waals surface area contributed by atoms with Crippen molar-refractivity contribution in [3.63, 3.8) is 0 Å². The van der Waals surface area contributed by atoms with Crippen LogP contribution in [0.15, 0.2) is 0 Å². The Morgan fingerprint density at radius 3 is 2.55 bits per heavy atom. The average molecular weight is 182 g/mol. The van der Waals surface area contributed by atoms with Crippen LogP contribution < -0.4 is 0 Å². The summed E-state index contributed by atoms with van der Waals surface area (Å²) in [4.78, 5) is 2.35. The molecule has 0 aromatic carbocycles. The van der Waals surface area contributed by atoms with Crippen molar-refractivity contribution in [2.45, 2.75) is 0 Å². The van der Waals surface area contributed by atoms with Crippen molar-refractivity contribution >= 4 is 12.4 Å². The van der Waals surface area contributed by atoms with Crippen molar-refractivity contribution in [3.05, 3.63) is 0 Å². The zero-order valence-corrected chi connectivity index (χ0v) is 7.73. The van der Waals surface area contributed by atoms with E-state index in [0.29, 0.717) is 0 Å². The summed E-state index contributed by atoms with van der Waals surface area (Å²) in [7, 11) is 1.74. The van der Waals surface area contributed by atoms with Gasteiger partial charge >= 0.3 is 0 Å². The summed E-state index contributed by atoms with van der Waals surface area (Å²) in [5.74, 6) is 0. The molecule has 1 rings (SSSR count). The van der Waals surface area contributed by atoms with Crippen LogP contribution in [0.1, 0.15) is 0 Å². The fraction of sp³-hybridized carbons (Fsp3) is 1.00. The van der Waals surface area contributed by atoms with Crippen LogP contribution in [0, 0.1) is 0 Å². The maximum absolute atomic E-state index is 5.20. The van der Waals surface area contributed by atoms with Crippen LogP contribution in [-0.2, 0) is 9.47 Å². The molecule has 0 radical (unpaired) electrons. The van der Waals surface area contributed by atoms with Gasteiger partial charge in [0.05, 0.1) is 19.8 Å². The second-order valence-corrected chi connectivity index (χ2v) is 2.45. The summed E-state index contributed by atoms with van der Waals surface area (Å²) in [5.41, 5.74) is 0. The molecule has 4 heteroatoms. The fourth-order valence-corrected chi connectivity index (χ4v) is 1.05. The van der Waals surface area contributed by atoms with Crippen LogP contribution in [0.3, 0.4) is 0 Å². The lowest BCUT2D eigenvalue weighted by Crippen LogP contribution is -2.38. The van der Waals surface area contributed by atoms with Crippen LogP contribution in [0.25, 0.3) is 0 Å². The Morgan fingerprint density at radius 1 is 1.36 bits per heavy atom. The molecule has 1 aliphatic heterocycles. The summed E-state index contributed by atoms with van der Waals surface area (Å²) in [6.07, 6.45) is 0. The smallest absolute Gasteiger partial charge is 0.0594 e. The van der Waals surface area contributed by atoms with Gasteiger partial charge in [-0.3, -0.25) is 4.90 Å². The number of morpholine rings is 1. The lowest BCUT2D eigenvalue weighted by Gasteiger charge is -2.25. The van der Waals surface area contributed by atoms with Crippen LogP contribution >= 0.6 is 12.4 Å². The molecule has 1 heterocycles. The lowest BCUT2D eigenvalue weighted by atomic mass is 10.4. The number of rotatable bonds is 3. The second-order valence-electron chi connectivity index (χ2n) is 2.45. The fourth-order valence-electron chi connectivity index (χ4n) is 1.05. The molecule has 0 amide bonds. The molecule has 0 N–H and O–H groups in total. The molecule has 0 bridgehead atoms. The van der Waals surface area contributed by atoms with Gasteiger partial charge in [-0.05, 0) is 0 Å². The van der Waals surface area contributed by atoms with Crippen LogP contribution in [0.2, 0.25) is 0 Å². The van der Waals surface area contributed by atoms with Gasteiger partial charge in [-0.2, -0.15) is 0 Å². The van der Waals surface area contributed by atoms with Gasteiger partial charge in [-0.1, -0.05) is 0 Å². The van der Waals surface area contributed by atoms with Crippen molar-refractivity contribution in [2.75, 3.05) is 46.6 Å². The molecule has 0 aliphatic carbocycles. The maximum Gasteiger partial charge on any atom is 0.0594 e. The predicted octanol–water partition coefficient (Wildman–Crippen LogP) is 0.387. The van der Waals surface area contributed by atoms with E-state index in [9.17, 15) is 0 Å².